The van der Waals surface area contributed by atoms with Gasteiger partial charge < -0.3 is 0 Å². The summed E-state index contributed by atoms with van der Waals surface area (Å²) in [5, 5.41) is 4.67. The predicted molar refractivity (Wildman–Crippen MR) is 54.0 cm³/mol. The molecule has 0 atom stereocenters. The first-order valence-corrected chi connectivity index (χ1v) is 4.54. The Labute approximate surface area is 86.6 Å². The highest BCUT2D eigenvalue weighted by molar-refractivity contribution is 6.29. The van der Waals surface area contributed by atoms with Gasteiger partial charge in [0.25, 0.3) is 0 Å². The molecule has 0 aliphatic rings. The van der Waals surface area contributed by atoms with Crippen molar-refractivity contribution in [3.8, 4) is 11.4 Å². The van der Waals surface area contributed by atoms with Crippen molar-refractivity contribution in [2.45, 2.75) is 6.92 Å². The average molecular weight is 209 g/mol. The average Bonchev–Trinajstić information content (AvgIpc) is 2.50. The molecule has 0 bridgehead atoms. The maximum atomic E-state index is 5.82. The van der Waals surface area contributed by atoms with Crippen LogP contribution in [0.2, 0.25) is 5.15 Å². The summed E-state index contributed by atoms with van der Waals surface area (Å²) in [5.74, 6) is 0.651. The molecule has 0 unspecified atom stereocenters. The Bertz CT molecular complexity index is 443. The van der Waals surface area contributed by atoms with E-state index in [2.05, 4.69) is 15.1 Å². The largest absolute Gasteiger partial charge is 0.275 e. The quantitative estimate of drug-likeness (QED) is 0.672. The van der Waals surface area contributed by atoms with Crippen molar-refractivity contribution in [2.24, 2.45) is 7.05 Å². The number of hydrogen-bond donors (Lipinski definition) is 0. The smallest absolute Gasteiger partial charge is 0.133 e. The predicted octanol–water partition coefficient (Wildman–Crippen LogP) is 1.84. The highest BCUT2D eigenvalue weighted by Gasteiger charge is 2.05. The second kappa shape index (κ2) is 3.38. The lowest BCUT2D eigenvalue weighted by atomic mass is 10.3. The first-order valence-electron chi connectivity index (χ1n) is 4.16. The first kappa shape index (κ1) is 9.15. The van der Waals surface area contributed by atoms with Gasteiger partial charge in [-0.3, -0.25) is 4.68 Å². The number of hydrogen-bond acceptors (Lipinski definition) is 3. The topological polar surface area (TPSA) is 43.6 Å². The fourth-order valence-corrected chi connectivity index (χ4v) is 1.44. The van der Waals surface area contributed by atoms with E-state index in [0.29, 0.717) is 11.0 Å². The fraction of sp³-hybridized carbons (Fsp3) is 0.222. The summed E-state index contributed by atoms with van der Waals surface area (Å²) in [6.07, 6.45) is 1.86. The van der Waals surface area contributed by atoms with Gasteiger partial charge in [-0.25, -0.2) is 9.97 Å². The molecule has 2 aromatic rings. The number of aryl methyl sites for hydroxylation is 2. The van der Waals surface area contributed by atoms with Gasteiger partial charge in [-0.15, -0.1) is 0 Å². The van der Waals surface area contributed by atoms with Gasteiger partial charge in [0.15, 0.2) is 0 Å². The second-order valence-corrected chi connectivity index (χ2v) is 3.39. The molecule has 4 nitrogen and oxygen atoms in total. The van der Waals surface area contributed by atoms with Crippen molar-refractivity contribution in [1.29, 1.82) is 0 Å². The monoisotopic (exact) mass is 208 g/mol. The van der Waals surface area contributed by atoms with Gasteiger partial charge in [0.05, 0.1) is 5.69 Å². The third-order valence-electron chi connectivity index (χ3n) is 1.78. The normalized spacial score (nSPS) is 10.5. The highest BCUT2D eigenvalue weighted by atomic mass is 35.5. The minimum atomic E-state index is 0.443. The number of nitrogens with zero attached hydrogens (tertiary/aromatic N) is 4. The van der Waals surface area contributed by atoms with Crippen LogP contribution < -0.4 is 0 Å². The van der Waals surface area contributed by atoms with Crippen LogP contribution in [0.1, 0.15) is 5.82 Å². The van der Waals surface area contributed by atoms with E-state index in [4.69, 9.17) is 11.6 Å². The Morgan fingerprint density at radius 1 is 1.29 bits per heavy atom. The van der Waals surface area contributed by atoms with Crippen LogP contribution in [0.5, 0.6) is 0 Å². The Kier molecular flexibility index (Phi) is 2.21. The molecule has 0 amide bonds. The summed E-state index contributed by atoms with van der Waals surface area (Å²) >= 11 is 5.82. The van der Waals surface area contributed by atoms with Crippen molar-refractivity contribution >= 4 is 11.6 Å². The summed E-state index contributed by atoms with van der Waals surface area (Å²) in [7, 11) is 1.86. The molecule has 0 aromatic carbocycles. The van der Waals surface area contributed by atoms with Gasteiger partial charge in [-0.1, -0.05) is 11.6 Å². The minimum absolute atomic E-state index is 0.443. The zero-order chi connectivity index (χ0) is 10.1. The standard InChI is InChI=1S/C9H9ClN4/c1-6-11-8(5-9(10)12-6)7-3-4-14(2)13-7/h3-5H,1-2H3. The van der Waals surface area contributed by atoms with Gasteiger partial charge in [0.1, 0.15) is 16.7 Å². The molecule has 0 fully saturated rings. The van der Waals surface area contributed by atoms with E-state index in [1.807, 2.05) is 19.3 Å². The van der Waals surface area contributed by atoms with Crippen molar-refractivity contribution in [2.75, 3.05) is 0 Å². The third-order valence-corrected chi connectivity index (χ3v) is 1.98. The van der Waals surface area contributed by atoms with Crippen molar-refractivity contribution < 1.29 is 0 Å². The lowest BCUT2D eigenvalue weighted by molar-refractivity contribution is 0.769. The van der Waals surface area contributed by atoms with Crippen LogP contribution in [0.25, 0.3) is 11.4 Å². The highest BCUT2D eigenvalue weighted by Crippen LogP contribution is 2.17. The van der Waals surface area contributed by atoms with Crippen LogP contribution in [0.4, 0.5) is 0 Å². The van der Waals surface area contributed by atoms with E-state index in [0.717, 1.165) is 11.4 Å². The summed E-state index contributed by atoms with van der Waals surface area (Å²) in [6.45, 7) is 1.80. The van der Waals surface area contributed by atoms with Crippen LogP contribution in [0.3, 0.4) is 0 Å². The molecular weight excluding hydrogens is 200 g/mol. The Hall–Kier alpha value is -1.42. The molecule has 2 aromatic heterocycles. The lowest BCUT2D eigenvalue weighted by Gasteiger charge is -1.98. The van der Waals surface area contributed by atoms with E-state index in [1.54, 1.807) is 17.7 Å². The van der Waals surface area contributed by atoms with E-state index < -0.39 is 0 Å². The first-order chi connectivity index (χ1) is 6.65. The van der Waals surface area contributed by atoms with Crippen molar-refractivity contribution in [1.82, 2.24) is 19.7 Å². The summed E-state index contributed by atoms with van der Waals surface area (Å²) in [6, 6.07) is 3.59. The summed E-state index contributed by atoms with van der Waals surface area (Å²) < 4.78 is 1.72. The maximum Gasteiger partial charge on any atom is 0.133 e. The SMILES string of the molecule is Cc1nc(Cl)cc(-c2ccn(C)n2)n1. The zero-order valence-electron chi connectivity index (χ0n) is 7.90. The number of aromatic nitrogens is 4. The Balaban J connectivity index is 2.51. The molecule has 2 heterocycles. The molecule has 0 N–H and O–H groups in total. The van der Waals surface area contributed by atoms with Crippen LogP contribution >= 0.6 is 11.6 Å². The van der Waals surface area contributed by atoms with Crippen LogP contribution in [-0.2, 0) is 7.05 Å². The molecule has 0 aliphatic heterocycles. The number of halogens is 1. The molecule has 0 saturated carbocycles. The molecule has 0 aliphatic carbocycles. The molecule has 5 heteroatoms. The zero-order valence-corrected chi connectivity index (χ0v) is 8.65. The molecule has 14 heavy (non-hydrogen) atoms. The van der Waals surface area contributed by atoms with Gasteiger partial charge in [-0.05, 0) is 13.0 Å². The third kappa shape index (κ3) is 1.75. The van der Waals surface area contributed by atoms with Crippen molar-refractivity contribution in [3.05, 3.63) is 29.3 Å². The molecule has 72 valence electrons. The Morgan fingerprint density at radius 2 is 2.07 bits per heavy atom. The van der Waals surface area contributed by atoms with Gasteiger partial charge in [-0.2, -0.15) is 5.10 Å². The molecule has 0 spiro atoms. The Morgan fingerprint density at radius 3 is 2.64 bits per heavy atom. The molecule has 0 saturated heterocycles. The van der Waals surface area contributed by atoms with Crippen LogP contribution in [-0.4, -0.2) is 19.7 Å². The molecule has 0 radical (unpaired) electrons. The number of rotatable bonds is 1. The van der Waals surface area contributed by atoms with Gasteiger partial charge >= 0.3 is 0 Å². The second-order valence-electron chi connectivity index (χ2n) is 3.00. The minimum Gasteiger partial charge on any atom is -0.275 e. The van der Waals surface area contributed by atoms with E-state index >= 15 is 0 Å². The van der Waals surface area contributed by atoms with E-state index in [1.165, 1.54) is 0 Å². The maximum absolute atomic E-state index is 5.82. The lowest BCUT2D eigenvalue weighted by Crippen LogP contribution is -1.93. The van der Waals surface area contributed by atoms with Crippen molar-refractivity contribution in [3.63, 3.8) is 0 Å². The van der Waals surface area contributed by atoms with E-state index in [9.17, 15) is 0 Å². The van der Waals surface area contributed by atoms with Crippen LogP contribution in [0, 0.1) is 6.92 Å². The van der Waals surface area contributed by atoms with Gasteiger partial charge in [0, 0.05) is 19.3 Å². The van der Waals surface area contributed by atoms with Crippen LogP contribution in [0.15, 0.2) is 18.3 Å². The fourth-order valence-electron chi connectivity index (χ4n) is 1.21. The summed E-state index contributed by atoms with van der Waals surface area (Å²) in [5.41, 5.74) is 1.56. The summed E-state index contributed by atoms with van der Waals surface area (Å²) in [4.78, 5) is 8.23. The van der Waals surface area contributed by atoms with Gasteiger partial charge in [0.2, 0.25) is 0 Å². The van der Waals surface area contributed by atoms with E-state index in [-0.39, 0.29) is 0 Å². The molecular formula is C9H9ClN4. The molecule has 2 rings (SSSR count).